The Balaban J connectivity index is 1.41. The second kappa shape index (κ2) is 8.44. The van der Waals surface area contributed by atoms with Crippen LogP contribution in [0.1, 0.15) is 32.7 Å². The van der Waals surface area contributed by atoms with E-state index >= 15 is 0 Å². The molecule has 1 N–H and O–H groups in total. The predicted octanol–water partition coefficient (Wildman–Crippen LogP) is 4.18. The number of imidazole rings is 2. The molecule has 0 bridgehead atoms. The summed E-state index contributed by atoms with van der Waals surface area (Å²) in [6.07, 6.45) is 12.2. The smallest absolute Gasteiger partial charge is 0.255 e. The monoisotopic (exact) mass is 432 g/mol. The van der Waals surface area contributed by atoms with Gasteiger partial charge in [0.25, 0.3) is 5.91 Å². The minimum Gasteiger partial charge on any atom is -0.322 e. The van der Waals surface area contributed by atoms with E-state index in [2.05, 4.69) is 32.1 Å². The molecule has 1 amide bonds. The summed E-state index contributed by atoms with van der Waals surface area (Å²) in [5.41, 5.74) is 6.50. The van der Waals surface area contributed by atoms with E-state index in [1.807, 2.05) is 71.6 Å². The van der Waals surface area contributed by atoms with E-state index in [-0.39, 0.29) is 5.91 Å². The average molecular weight is 432 g/mol. The molecule has 0 spiro atoms. The predicted molar refractivity (Wildman–Crippen MR) is 126 cm³/mol. The molecule has 0 fully saturated rings. The number of benzene rings is 2. The van der Waals surface area contributed by atoms with Gasteiger partial charge in [-0.15, -0.1) is 0 Å². The number of rotatable bonds is 3. The van der Waals surface area contributed by atoms with E-state index in [4.69, 9.17) is 0 Å². The molecule has 7 heteroatoms. The van der Waals surface area contributed by atoms with Gasteiger partial charge >= 0.3 is 0 Å². The molecule has 33 heavy (non-hydrogen) atoms. The van der Waals surface area contributed by atoms with Gasteiger partial charge in [0.05, 0.1) is 18.7 Å². The fourth-order valence-corrected chi connectivity index (χ4v) is 3.56. The Morgan fingerprint density at radius 3 is 2.70 bits per heavy atom. The molecule has 0 atom stereocenters. The van der Waals surface area contributed by atoms with Crippen molar-refractivity contribution in [2.75, 3.05) is 5.32 Å². The van der Waals surface area contributed by atoms with Crippen molar-refractivity contribution in [2.45, 2.75) is 13.8 Å². The number of hydrogen-bond donors (Lipinski definition) is 1. The molecule has 3 heterocycles. The SMILES string of the molecule is Cc1cc(NC(=O)c2ccc(C)c(C#Cc3cnc4cnccn34)c2)cc(-n2ccnc2)c1. The molecule has 0 radical (unpaired) electrons. The van der Waals surface area contributed by atoms with Crippen LogP contribution in [-0.4, -0.2) is 29.8 Å². The standard InChI is InChI=1S/C26H20N6O/c1-18-11-22(14-24(12-18)31-9-7-28-17-31)30-26(33)21-4-3-19(2)20(13-21)5-6-23-15-29-25-16-27-8-10-32(23)25/h3-4,7-17H,1-2H3,(H,30,33). The van der Waals surface area contributed by atoms with E-state index in [0.717, 1.165) is 39.4 Å². The summed E-state index contributed by atoms with van der Waals surface area (Å²) in [6, 6.07) is 11.4. The highest BCUT2D eigenvalue weighted by Gasteiger charge is 2.10. The van der Waals surface area contributed by atoms with Gasteiger partial charge in [-0.2, -0.15) is 0 Å². The third-order valence-corrected chi connectivity index (χ3v) is 5.26. The third kappa shape index (κ3) is 4.23. The van der Waals surface area contributed by atoms with Crippen molar-refractivity contribution in [3.05, 3.63) is 108 Å². The molecular weight excluding hydrogens is 412 g/mol. The highest BCUT2D eigenvalue weighted by atomic mass is 16.1. The van der Waals surface area contributed by atoms with Crippen molar-refractivity contribution in [1.29, 1.82) is 0 Å². The number of anilines is 1. The number of nitrogens with one attached hydrogen (secondary N) is 1. The first-order valence-corrected chi connectivity index (χ1v) is 10.4. The second-order valence-corrected chi connectivity index (χ2v) is 7.71. The van der Waals surface area contributed by atoms with Gasteiger partial charge in [0.1, 0.15) is 5.69 Å². The van der Waals surface area contributed by atoms with Crippen LogP contribution in [0.2, 0.25) is 0 Å². The first-order valence-electron chi connectivity index (χ1n) is 10.4. The number of fused-ring (bicyclic) bond motifs is 1. The highest BCUT2D eigenvalue weighted by molar-refractivity contribution is 6.04. The molecule has 2 aromatic carbocycles. The van der Waals surface area contributed by atoms with Crippen molar-refractivity contribution in [1.82, 2.24) is 23.9 Å². The molecule has 0 saturated heterocycles. The van der Waals surface area contributed by atoms with Gasteiger partial charge in [0, 0.05) is 47.3 Å². The minimum absolute atomic E-state index is 0.193. The summed E-state index contributed by atoms with van der Waals surface area (Å²) in [5, 5.41) is 3.00. The zero-order valence-electron chi connectivity index (χ0n) is 18.1. The lowest BCUT2D eigenvalue weighted by molar-refractivity contribution is 0.102. The van der Waals surface area contributed by atoms with Crippen LogP contribution in [-0.2, 0) is 0 Å². The Labute approximate surface area is 190 Å². The van der Waals surface area contributed by atoms with Crippen LogP contribution in [0.15, 0.2) is 79.9 Å². The third-order valence-electron chi connectivity index (χ3n) is 5.26. The highest BCUT2D eigenvalue weighted by Crippen LogP contribution is 2.19. The van der Waals surface area contributed by atoms with Gasteiger partial charge < -0.3 is 9.88 Å². The molecule has 7 nitrogen and oxygen atoms in total. The lowest BCUT2D eigenvalue weighted by Gasteiger charge is -2.10. The second-order valence-electron chi connectivity index (χ2n) is 7.71. The molecule has 0 aliphatic rings. The zero-order chi connectivity index (χ0) is 22.8. The van der Waals surface area contributed by atoms with Crippen molar-refractivity contribution >= 4 is 17.2 Å². The largest absolute Gasteiger partial charge is 0.322 e. The Bertz CT molecular complexity index is 1540. The molecule has 5 aromatic rings. The summed E-state index contributed by atoms with van der Waals surface area (Å²) in [7, 11) is 0. The van der Waals surface area contributed by atoms with E-state index in [1.165, 1.54) is 0 Å². The summed E-state index contributed by atoms with van der Waals surface area (Å²) in [5.74, 6) is 6.14. The first-order chi connectivity index (χ1) is 16.1. The molecule has 5 rings (SSSR count). The normalized spacial score (nSPS) is 10.6. The van der Waals surface area contributed by atoms with Crippen LogP contribution in [0.4, 0.5) is 5.69 Å². The van der Waals surface area contributed by atoms with Gasteiger partial charge in [0.15, 0.2) is 5.65 Å². The zero-order valence-corrected chi connectivity index (χ0v) is 18.1. The van der Waals surface area contributed by atoms with Crippen LogP contribution in [0.5, 0.6) is 0 Å². The molecule has 0 saturated carbocycles. The summed E-state index contributed by atoms with van der Waals surface area (Å²) in [6.45, 7) is 3.97. The molecule has 0 unspecified atom stereocenters. The van der Waals surface area contributed by atoms with Crippen LogP contribution in [0.25, 0.3) is 11.3 Å². The van der Waals surface area contributed by atoms with Gasteiger partial charge in [-0.25, -0.2) is 9.97 Å². The van der Waals surface area contributed by atoms with Crippen LogP contribution < -0.4 is 5.32 Å². The van der Waals surface area contributed by atoms with E-state index in [0.29, 0.717) is 5.56 Å². The van der Waals surface area contributed by atoms with Crippen molar-refractivity contribution in [3.8, 4) is 17.5 Å². The number of aryl methyl sites for hydroxylation is 2. The van der Waals surface area contributed by atoms with Crippen molar-refractivity contribution in [3.63, 3.8) is 0 Å². The maximum Gasteiger partial charge on any atom is 0.255 e. The van der Waals surface area contributed by atoms with Gasteiger partial charge in [-0.1, -0.05) is 12.0 Å². The minimum atomic E-state index is -0.193. The fourth-order valence-electron chi connectivity index (χ4n) is 3.56. The number of carbonyl (C=O) groups excluding carboxylic acids is 1. The van der Waals surface area contributed by atoms with E-state index < -0.39 is 0 Å². The van der Waals surface area contributed by atoms with E-state index in [1.54, 1.807) is 31.1 Å². The Morgan fingerprint density at radius 2 is 1.85 bits per heavy atom. The lowest BCUT2D eigenvalue weighted by atomic mass is 10.0. The summed E-state index contributed by atoms with van der Waals surface area (Å²) < 4.78 is 3.78. The molecule has 160 valence electrons. The number of carbonyl (C=O) groups is 1. The lowest BCUT2D eigenvalue weighted by Crippen LogP contribution is -2.12. The van der Waals surface area contributed by atoms with Crippen molar-refractivity contribution < 1.29 is 4.79 Å². The molecular formula is C26H20N6O. The number of amides is 1. The number of aromatic nitrogens is 5. The topological polar surface area (TPSA) is 77.1 Å². The first kappa shape index (κ1) is 20.2. The number of nitrogens with zero attached hydrogens (tertiary/aromatic N) is 5. The van der Waals surface area contributed by atoms with Gasteiger partial charge in [-0.3, -0.25) is 14.2 Å². The Hall–Kier alpha value is -4.70. The maximum absolute atomic E-state index is 13.0. The summed E-state index contributed by atoms with van der Waals surface area (Å²) in [4.78, 5) is 25.5. The Kier molecular flexibility index (Phi) is 5.17. The molecule has 0 aliphatic heterocycles. The quantitative estimate of drug-likeness (QED) is 0.434. The maximum atomic E-state index is 13.0. The number of hydrogen-bond acceptors (Lipinski definition) is 4. The van der Waals surface area contributed by atoms with Gasteiger partial charge in [0.2, 0.25) is 0 Å². The average Bonchev–Trinajstić information content (AvgIpc) is 3.49. The van der Waals surface area contributed by atoms with Crippen LogP contribution in [0.3, 0.4) is 0 Å². The fraction of sp³-hybridized carbons (Fsp3) is 0.0769. The van der Waals surface area contributed by atoms with Crippen LogP contribution in [0, 0.1) is 25.7 Å². The van der Waals surface area contributed by atoms with Crippen LogP contribution >= 0.6 is 0 Å². The summed E-state index contributed by atoms with van der Waals surface area (Å²) >= 11 is 0. The molecule has 0 aliphatic carbocycles. The Morgan fingerprint density at radius 1 is 0.970 bits per heavy atom. The van der Waals surface area contributed by atoms with Gasteiger partial charge in [-0.05, 0) is 61.2 Å². The van der Waals surface area contributed by atoms with Crippen molar-refractivity contribution in [2.24, 2.45) is 0 Å². The molecule has 3 aromatic heterocycles. The van der Waals surface area contributed by atoms with E-state index in [9.17, 15) is 4.79 Å².